The lowest BCUT2D eigenvalue weighted by atomic mass is 9.91. The van der Waals surface area contributed by atoms with Gasteiger partial charge >= 0.3 is 0 Å². The summed E-state index contributed by atoms with van der Waals surface area (Å²) in [5.41, 5.74) is 10.2. The Morgan fingerprint density at radius 2 is 1.74 bits per heavy atom. The molecule has 0 aliphatic heterocycles. The van der Waals surface area contributed by atoms with E-state index in [1.165, 1.54) is 0 Å². The number of carbonyl (C=O) groups is 1. The van der Waals surface area contributed by atoms with Crippen LogP contribution in [0.4, 0.5) is 5.69 Å². The molecule has 2 aliphatic rings. The van der Waals surface area contributed by atoms with Crippen LogP contribution in [-0.2, 0) is 0 Å². The van der Waals surface area contributed by atoms with Crippen molar-refractivity contribution in [1.82, 2.24) is 15.0 Å². The summed E-state index contributed by atoms with van der Waals surface area (Å²) in [4.78, 5) is 25.8. The van der Waals surface area contributed by atoms with E-state index in [0.29, 0.717) is 5.56 Å². The number of pyridine rings is 1. The number of nitrogens with zero attached hydrogens (tertiary/aromatic N) is 4. The van der Waals surface area contributed by atoms with Crippen LogP contribution in [0, 0.1) is 17.2 Å². The molecule has 0 saturated heterocycles. The molecular formula is C24H24N6O. The minimum atomic E-state index is 0.120. The van der Waals surface area contributed by atoms with Crippen molar-refractivity contribution in [1.29, 1.82) is 5.26 Å². The Balaban J connectivity index is 1.58. The van der Waals surface area contributed by atoms with Gasteiger partial charge < -0.3 is 11.1 Å². The number of nitrogens with two attached hydrogens (primary N) is 1. The maximum Gasteiger partial charge on any atom is 0.232 e. The van der Waals surface area contributed by atoms with E-state index in [-0.39, 0.29) is 29.6 Å². The van der Waals surface area contributed by atoms with Gasteiger partial charge in [-0.3, -0.25) is 9.78 Å². The third-order valence-electron chi connectivity index (χ3n) is 6.29. The van der Waals surface area contributed by atoms with Crippen LogP contribution < -0.4 is 11.1 Å². The van der Waals surface area contributed by atoms with E-state index >= 15 is 0 Å². The van der Waals surface area contributed by atoms with Crippen LogP contribution in [0.1, 0.15) is 54.7 Å². The number of nitrogens with one attached hydrogen (secondary N) is 1. The Hall–Kier alpha value is -3.37. The fraction of sp³-hybridized carbons (Fsp3) is 0.375. The second-order valence-corrected chi connectivity index (χ2v) is 8.58. The Labute approximate surface area is 180 Å². The van der Waals surface area contributed by atoms with Crippen LogP contribution in [0.15, 0.2) is 36.8 Å². The number of anilines is 1. The summed E-state index contributed by atoms with van der Waals surface area (Å²) in [6.07, 6.45) is 10.9. The SMILES string of the molecule is N#Cc1ncc(-c2ccc3ncc(C(=O)C4CC4)c(NC4CCC(N)CC4)c3c2)cn1. The quantitative estimate of drug-likeness (QED) is 0.611. The van der Waals surface area contributed by atoms with Gasteiger partial charge in [0.25, 0.3) is 0 Å². The molecule has 3 aromatic rings. The molecule has 7 nitrogen and oxygen atoms in total. The Bertz CT molecular complexity index is 1170. The predicted octanol–water partition coefficient (Wildman–Crippen LogP) is 3.84. The molecule has 0 atom stereocenters. The van der Waals surface area contributed by atoms with Crippen LogP contribution in [0.5, 0.6) is 0 Å². The molecule has 0 spiro atoms. The summed E-state index contributed by atoms with van der Waals surface area (Å²) in [5, 5.41) is 13.6. The molecule has 2 saturated carbocycles. The van der Waals surface area contributed by atoms with Gasteiger partial charge in [0.2, 0.25) is 5.82 Å². The zero-order chi connectivity index (χ0) is 21.4. The molecule has 0 amide bonds. The number of nitriles is 1. The second-order valence-electron chi connectivity index (χ2n) is 8.58. The van der Waals surface area contributed by atoms with Crippen molar-refractivity contribution < 1.29 is 4.79 Å². The molecule has 0 radical (unpaired) electrons. The molecule has 7 heteroatoms. The van der Waals surface area contributed by atoms with Crippen molar-refractivity contribution in [2.45, 2.75) is 50.6 Å². The molecular weight excluding hydrogens is 388 g/mol. The molecule has 2 heterocycles. The van der Waals surface area contributed by atoms with E-state index in [4.69, 9.17) is 11.0 Å². The first-order chi connectivity index (χ1) is 15.1. The first-order valence-electron chi connectivity index (χ1n) is 10.8. The summed E-state index contributed by atoms with van der Waals surface area (Å²) < 4.78 is 0. The van der Waals surface area contributed by atoms with Gasteiger partial charge in [-0.2, -0.15) is 5.26 Å². The van der Waals surface area contributed by atoms with Crippen LogP contribution >= 0.6 is 0 Å². The topological polar surface area (TPSA) is 118 Å². The van der Waals surface area contributed by atoms with Crippen LogP contribution in [-0.4, -0.2) is 32.8 Å². The number of hydrogen-bond donors (Lipinski definition) is 2. The third-order valence-corrected chi connectivity index (χ3v) is 6.29. The number of benzene rings is 1. The molecule has 156 valence electrons. The first-order valence-corrected chi connectivity index (χ1v) is 10.8. The van der Waals surface area contributed by atoms with Gasteiger partial charge in [-0.25, -0.2) is 9.97 Å². The zero-order valence-corrected chi connectivity index (χ0v) is 17.2. The lowest BCUT2D eigenvalue weighted by Gasteiger charge is -2.29. The predicted molar refractivity (Wildman–Crippen MR) is 118 cm³/mol. The van der Waals surface area contributed by atoms with Gasteiger partial charge in [0.15, 0.2) is 5.78 Å². The first kappa shape index (κ1) is 19.6. The number of fused-ring (bicyclic) bond motifs is 1. The Morgan fingerprint density at radius 1 is 1.00 bits per heavy atom. The standard InChI is InChI=1S/C24H24N6O/c25-10-22-28-11-16(12-29-22)15-3-8-21-19(9-15)23(30-18-6-4-17(26)5-7-18)20(13-27-21)24(31)14-1-2-14/h3,8-9,11-14,17-18H,1-2,4-7,26H2,(H,27,30). The van der Waals surface area contributed by atoms with Crippen molar-refractivity contribution in [2.75, 3.05) is 5.32 Å². The monoisotopic (exact) mass is 412 g/mol. The maximum atomic E-state index is 13.0. The molecule has 3 N–H and O–H groups in total. The molecule has 5 rings (SSSR count). The van der Waals surface area contributed by atoms with Crippen LogP contribution in [0.2, 0.25) is 0 Å². The average molecular weight is 412 g/mol. The number of hydrogen-bond acceptors (Lipinski definition) is 7. The molecule has 31 heavy (non-hydrogen) atoms. The van der Waals surface area contributed by atoms with Crippen molar-refractivity contribution in [2.24, 2.45) is 11.7 Å². The van der Waals surface area contributed by atoms with E-state index in [1.807, 2.05) is 24.3 Å². The molecule has 1 aromatic carbocycles. The van der Waals surface area contributed by atoms with Crippen molar-refractivity contribution >= 4 is 22.4 Å². The lowest BCUT2D eigenvalue weighted by Crippen LogP contribution is -2.33. The highest BCUT2D eigenvalue weighted by Gasteiger charge is 2.33. The number of rotatable bonds is 5. The highest BCUT2D eigenvalue weighted by molar-refractivity contribution is 6.10. The van der Waals surface area contributed by atoms with E-state index < -0.39 is 0 Å². The molecule has 2 aliphatic carbocycles. The number of ketones is 1. The zero-order valence-electron chi connectivity index (χ0n) is 17.2. The van der Waals surface area contributed by atoms with Crippen LogP contribution in [0.25, 0.3) is 22.0 Å². The minimum Gasteiger partial charge on any atom is -0.381 e. The average Bonchev–Trinajstić information content (AvgIpc) is 3.66. The van der Waals surface area contributed by atoms with Gasteiger partial charge in [0.1, 0.15) is 6.07 Å². The van der Waals surface area contributed by atoms with Crippen molar-refractivity contribution in [3.05, 3.63) is 48.2 Å². The van der Waals surface area contributed by atoms with E-state index in [9.17, 15) is 4.79 Å². The maximum absolute atomic E-state index is 13.0. The smallest absolute Gasteiger partial charge is 0.232 e. The van der Waals surface area contributed by atoms with E-state index in [2.05, 4.69) is 20.3 Å². The summed E-state index contributed by atoms with van der Waals surface area (Å²) in [6.45, 7) is 0. The Kier molecular flexibility index (Phi) is 5.08. The number of carbonyl (C=O) groups excluding carboxylic acids is 1. The summed E-state index contributed by atoms with van der Waals surface area (Å²) >= 11 is 0. The number of aromatic nitrogens is 3. The van der Waals surface area contributed by atoms with Crippen molar-refractivity contribution in [3.8, 4) is 17.2 Å². The fourth-order valence-electron chi connectivity index (χ4n) is 4.28. The van der Waals surface area contributed by atoms with Crippen molar-refractivity contribution in [3.63, 3.8) is 0 Å². The lowest BCUT2D eigenvalue weighted by molar-refractivity contribution is 0.0968. The largest absolute Gasteiger partial charge is 0.381 e. The minimum absolute atomic E-state index is 0.120. The molecule has 0 unspecified atom stereocenters. The summed E-state index contributed by atoms with van der Waals surface area (Å²) in [7, 11) is 0. The highest BCUT2D eigenvalue weighted by atomic mass is 16.1. The molecule has 2 fully saturated rings. The normalized spacial score (nSPS) is 20.9. The Morgan fingerprint density at radius 3 is 2.42 bits per heavy atom. The fourth-order valence-corrected chi connectivity index (χ4v) is 4.28. The molecule has 0 bridgehead atoms. The van der Waals surface area contributed by atoms with Gasteiger partial charge in [0.05, 0.1) is 16.8 Å². The van der Waals surface area contributed by atoms with Gasteiger partial charge in [0, 0.05) is 47.5 Å². The van der Waals surface area contributed by atoms with Gasteiger partial charge in [-0.05, 0) is 56.2 Å². The summed E-state index contributed by atoms with van der Waals surface area (Å²) in [5.74, 6) is 0.438. The van der Waals surface area contributed by atoms with Gasteiger partial charge in [-0.15, -0.1) is 0 Å². The highest BCUT2D eigenvalue weighted by Crippen LogP contribution is 2.38. The number of Topliss-reactive ketones (excluding diaryl/α,β-unsaturated/α-hetero) is 1. The van der Waals surface area contributed by atoms with E-state index in [0.717, 1.165) is 66.2 Å². The van der Waals surface area contributed by atoms with E-state index in [1.54, 1.807) is 18.6 Å². The summed E-state index contributed by atoms with van der Waals surface area (Å²) in [6, 6.07) is 8.45. The third kappa shape index (κ3) is 3.99. The van der Waals surface area contributed by atoms with Gasteiger partial charge in [-0.1, -0.05) is 6.07 Å². The molecule has 2 aromatic heterocycles. The van der Waals surface area contributed by atoms with Crippen LogP contribution in [0.3, 0.4) is 0 Å². The second kappa shape index (κ2) is 8.05.